The van der Waals surface area contributed by atoms with E-state index in [0.29, 0.717) is 11.3 Å². The maximum atomic E-state index is 14.4. The van der Waals surface area contributed by atoms with E-state index in [4.69, 9.17) is 16.3 Å². The number of carbonyl (C=O) groups is 2. The van der Waals surface area contributed by atoms with Gasteiger partial charge in [0.15, 0.2) is 0 Å². The summed E-state index contributed by atoms with van der Waals surface area (Å²) in [6, 6.07) is 26.1. The third kappa shape index (κ3) is 8.61. The van der Waals surface area contributed by atoms with Crippen molar-refractivity contribution < 1.29 is 27.1 Å². The van der Waals surface area contributed by atoms with Gasteiger partial charge in [0.1, 0.15) is 24.2 Å². The fourth-order valence-electron chi connectivity index (χ4n) is 4.79. The second-order valence-corrected chi connectivity index (χ2v) is 12.9. The van der Waals surface area contributed by atoms with E-state index in [-0.39, 0.29) is 34.6 Å². The number of halogens is 2. The summed E-state index contributed by atoms with van der Waals surface area (Å²) in [5, 5.41) is 2.61. The number of ether oxygens (including phenoxy) is 1. The van der Waals surface area contributed by atoms with E-state index in [0.717, 1.165) is 22.0 Å². The highest BCUT2D eigenvalue weighted by Crippen LogP contribution is 2.29. The summed E-state index contributed by atoms with van der Waals surface area (Å²) in [6.07, 6.45) is 0.170. The number of carbonyl (C=O) groups excluding carboxylic acids is 2. The number of anilines is 1. The molecule has 0 radical (unpaired) electrons. The van der Waals surface area contributed by atoms with Gasteiger partial charge in [0.2, 0.25) is 11.8 Å². The average Bonchev–Trinajstić information content (AvgIpc) is 3.03. The lowest BCUT2D eigenvalue weighted by Crippen LogP contribution is -2.54. The SMILES string of the molecule is COc1cccc(CN(C(=O)CN(c2ccc(F)c(Cl)c2)S(=O)(=O)c2ccccc2)[C@H](Cc2ccccc2)C(=O)NC(C)C)c1. The molecule has 45 heavy (non-hydrogen) atoms. The zero-order valence-electron chi connectivity index (χ0n) is 25.2. The predicted molar refractivity (Wildman–Crippen MR) is 173 cm³/mol. The number of hydrogen-bond acceptors (Lipinski definition) is 5. The first-order chi connectivity index (χ1) is 21.5. The molecule has 0 aliphatic carbocycles. The highest BCUT2D eigenvalue weighted by molar-refractivity contribution is 7.92. The van der Waals surface area contributed by atoms with E-state index >= 15 is 0 Å². The standard InChI is InChI=1S/C34H35ClFN3O5S/c1-24(2)37-34(41)32(20-25-11-6-4-7-12-25)38(22-26-13-10-14-28(19-26)44-3)33(40)23-39(27-17-18-31(36)30(35)21-27)45(42,43)29-15-8-5-9-16-29/h4-19,21,24,32H,20,22-23H2,1-3H3,(H,37,41)/t32-/m1/s1. The van der Waals surface area contributed by atoms with Gasteiger partial charge in [-0.25, -0.2) is 12.8 Å². The van der Waals surface area contributed by atoms with Crippen molar-refractivity contribution >= 4 is 39.1 Å². The van der Waals surface area contributed by atoms with Gasteiger partial charge in [-0.2, -0.15) is 0 Å². The van der Waals surface area contributed by atoms with Crippen molar-refractivity contribution in [2.75, 3.05) is 18.0 Å². The largest absolute Gasteiger partial charge is 0.497 e. The third-order valence-electron chi connectivity index (χ3n) is 6.99. The Hall–Kier alpha value is -4.41. The number of rotatable bonds is 13. The van der Waals surface area contributed by atoms with E-state index in [9.17, 15) is 22.4 Å². The van der Waals surface area contributed by atoms with Crippen molar-refractivity contribution in [1.29, 1.82) is 0 Å². The van der Waals surface area contributed by atoms with Gasteiger partial charge >= 0.3 is 0 Å². The van der Waals surface area contributed by atoms with Gasteiger partial charge in [0.25, 0.3) is 10.0 Å². The molecule has 0 fully saturated rings. The number of methoxy groups -OCH3 is 1. The number of nitrogens with one attached hydrogen (secondary N) is 1. The van der Waals surface area contributed by atoms with Crippen LogP contribution in [0.15, 0.2) is 108 Å². The summed E-state index contributed by atoms with van der Waals surface area (Å²) in [7, 11) is -2.81. The number of sulfonamides is 1. The average molecular weight is 652 g/mol. The molecule has 4 aromatic carbocycles. The molecule has 0 spiro atoms. The minimum Gasteiger partial charge on any atom is -0.497 e. The zero-order chi connectivity index (χ0) is 32.6. The maximum absolute atomic E-state index is 14.4. The first-order valence-electron chi connectivity index (χ1n) is 14.3. The number of hydrogen-bond donors (Lipinski definition) is 1. The molecule has 0 heterocycles. The molecule has 11 heteroatoms. The molecule has 0 bridgehead atoms. The Bertz CT molecular complexity index is 1720. The summed E-state index contributed by atoms with van der Waals surface area (Å²) in [4.78, 5) is 29.5. The number of amides is 2. The van der Waals surface area contributed by atoms with Crippen molar-refractivity contribution in [3.8, 4) is 5.75 Å². The van der Waals surface area contributed by atoms with Gasteiger partial charge in [-0.15, -0.1) is 0 Å². The molecule has 236 valence electrons. The van der Waals surface area contributed by atoms with Crippen LogP contribution in [0.4, 0.5) is 10.1 Å². The van der Waals surface area contributed by atoms with Gasteiger partial charge in [0, 0.05) is 19.0 Å². The summed E-state index contributed by atoms with van der Waals surface area (Å²) in [6.45, 7) is 2.92. The Kier molecular flexibility index (Phi) is 11.2. The van der Waals surface area contributed by atoms with Gasteiger partial charge in [-0.1, -0.05) is 72.3 Å². The lowest BCUT2D eigenvalue weighted by Gasteiger charge is -2.34. The molecule has 8 nitrogen and oxygen atoms in total. The van der Waals surface area contributed by atoms with E-state index in [2.05, 4.69) is 5.32 Å². The predicted octanol–water partition coefficient (Wildman–Crippen LogP) is 5.85. The van der Waals surface area contributed by atoms with E-state index in [1.165, 1.54) is 30.2 Å². The summed E-state index contributed by atoms with van der Waals surface area (Å²) >= 11 is 6.06. The van der Waals surface area contributed by atoms with Crippen LogP contribution in [0.1, 0.15) is 25.0 Å². The van der Waals surface area contributed by atoms with Crippen LogP contribution in [0.3, 0.4) is 0 Å². The Morgan fingerprint density at radius 2 is 1.53 bits per heavy atom. The van der Waals surface area contributed by atoms with Crippen LogP contribution in [0.5, 0.6) is 5.75 Å². The van der Waals surface area contributed by atoms with E-state index < -0.39 is 40.2 Å². The van der Waals surface area contributed by atoms with Crippen molar-refractivity contribution in [3.05, 3.63) is 125 Å². The monoisotopic (exact) mass is 651 g/mol. The van der Waals surface area contributed by atoms with E-state index in [1.54, 1.807) is 42.5 Å². The fraction of sp³-hybridized carbons (Fsp3) is 0.235. The third-order valence-corrected chi connectivity index (χ3v) is 9.07. The second-order valence-electron chi connectivity index (χ2n) is 10.7. The molecule has 0 aliphatic rings. The molecular weight excluding hydrogens is 617 g/mol. The van der Waals surface area contributed by atoms with Gasteiger partial charge in [-0.05, 0) is 67.4 Å². The molecule has 0 aromatic heterocycles. The number of nitrogens with zero attached hydrogens (tertiary/aromatic N) is 2. The normalized spacial score (nSPS) is 12.0. The van der Waals surface area contributed by atoms with Crippen LogP contribution in [0.2, 0.25) is 5.02 Å². The molecule has 0 saturated heterocycles. The first kappa shape index (κ1) is 33.5. The summed E-state index contributed by atoms with van der Waals surface area (Å²) in [5.41, 5.74) is 1.47. The van der Waals surface area contributed by atoms with Crippen molar-refractivity contribution in [1.82, 2.24) is 10.2 Å². The highest BCUT2D eigenvalue weighted by atomic mass is 35.5. The minimum atomic E-state index is -4.34. The van der Waals surface area contributed by atoms with E-state index in [1.807, 2.05) is 44.2 Å². The Labute approximate surface area is 268 Å². The van der Waals surface area contributed by atoms with Crippen LogP contribution in [0, 0.1) is 5.82 Å². The highest BCUT2D eigenvalue weighted by Gasteiger charge is 2.35. The Morgan fingerprint density at radius 3 is 2.16 bits per heavy atom. The molecule has 2 amide bonds. The van der Waals surface area contributed by atoms with Crippen LogP contribution in [0.25, 0.3) is 0 Å². The Morgan fingerprint density at radius 1 is 0.889 bits per heavy atom. The number of benzene rings is 4. The van der Waals surface area contributed by atoms with Crippen molar-refractivity contribution in [2.24, 2.45) is 0 Å². The molecular formula is C34H35ClFN3O5S. The Balaban J connectivity index is 1.82. The lowest BCUT2D eigenvalue weighted by molar-refractivity contribution is -0.140. The first-order valence-corrected chi connectivity index (χ1v) is 16.1. The van der Waals surface area contributed by atoms with Gasteiger partial charge in [-0.3, -0.25) is 13.9 Å². The lowest BCUT2D eigenvalue weighted by atomic mass is 10.0. The van der Waals surface area contributed by atoms with Crippen LogP contribution >= 0.6 is 11.6 Å². The maximum Gasteiger partial charge on any atom is 0.264 e. The second kappa shape index (κ2) is 15.0. The van der Waals surface area contributed by atoms with Crippen molar-refractivity contribution in [3.63, 3.8) is 0 Å². The topological polar surface area (TPSA) is 96.0 Å². The fourth-order valence-corrected chi connectivity index (χ4v) is 6.39. The minimum absolute atomic E-state index is 0.00817. The van der Waals surface area contributed by atoms with Crippen LogP contribution < -0.4 is 14.4 Å². The van der Waals surface area contributed by atoms with Crippen molar-refractivity contribution in [2.45, 2.75) is 43.8 Å². The van der Waals surface area contributed by atoms with Crippen LogP contribution in [-0.2, 0) is 32.6 Å². The smallest absolute Gasteiger partial charge is 0.264 e. The molecule has 1 N–H and O–H groups in total. The molecule has 0 saturated carbocycles. The summed E-state index contributed by atoms with van der Waals surface area (Å²) < 4.78 is 48.4. The van der Waals surface area contributed by atoms with Gasteiger partial charge < -0.3 is 15.0 Å². The molecule has 0 aliphatic heterocycles. The zero-order valence-corrected chi connectivity index (χ0v) is 26.8. The van der Waals surface area contributed by atoms with Crippen LogP contribution in [-0.4, -0.2) is 50.9 Å². The molecule has 4 rings (SSSR count). The molecule has 4 aromatic rings. The summed E-state index contributed by atoms with van der Waals surface area (Å²) in [5.74, 6) is -1.23. The van der Waals surface area contributed by atoms with Gasteiger partial charge in [0.05, 0.1) is 22.7 Å². The quantitative estimate of drug-likeness (QED) is 0.196. The molecule has 0 unspecified atom stereocenters. The molecule has 1 atom stereocenters.